The number of anilines is 1. The first-order valence-electron chi connectivity index (χ1n) is 9.09. The van der Waals surface area contributed by atoms with Crippen LogP contribution in [0.15, 0.2) is 18.3 Å². The molecular weight excluding hydrogens is 361 g/mol. The van der Waals surface area contributed by atoms with E-state index in [0.717, 1.165) is 18.7 Å². The summed E-state index contributed by atoms with van der Waals surface area (Å²) in [5.74, 6) is 1.00. The van der Waals surface area contributed by atoms with Crippen LogP contribution < -0.4 is 10.2 Å². The Labute approximate surface area is 155 Å². The van der Waals surface area contributed by atoms with Crippen LogP contribution in [0.25, 0.3) is 0 Å². The Kier molecular flexibility index (Phi) is 5.57. The highest BCUT2D eigenvalue weighted by Gasteiger charge is 2.38. The van der Waals surface area contributed by atoms with E-state index in [9.17, 15) is 22.8 Å². The van der Waals surface area contributed by atoms with Crippen molar-refractivity contribution in [3.63, 3.8) is 0 Å². The second-order valence-corrected chi connectivity index (χ2v) is 7.13. The first-order valence-corrected chi connectivity index (χ1v) is 9.09. The Hall–Kier alpha value is -2.32. The molecule has 1 N–H and O–H groups in total. The summed E-state index contributed by atoms with van der Waals surface area (Å²) >= 11 is 0. The number of halogens is 3. The summed E-state index contributed by atoms with van der Waals surface area (Å²) in [5, 5.41) is 2.80. The molecule has 27 heavy (non-hydrogen) atoms. The summed E-state index contributed by atoms with van der Waals surface area (Å²) in [4.78, 5) is 31.4. The van der Waals surface area contributed by atoms with Gasteiger partial charge in [0.05, 0.1) is 5.56 Å². The Balaban J connectivity index is 1.41. The third-order valence-corrected chi connectivity index (χ3v) is 5.12. The number of hydrogen-bond donors (Lipinski definition) is 1. The zero-order chi connectivity index (χ0) is 19.6. The molecule has 1 aromatic rings. The van der Waals surface area contributed by atoms with Gasteiger partial charge < -0.3 is 15.1 Å². The highest BCUT2D eigenvalue weighted by Crippen LogP contribution is 2.37. The second-order valence-electron chi connectivity index (χ2n) is 7.13. The fourth-order valence-electron chi connectivity index (χ4n) is 3.20. The minimum Gasteiger partial charge on any atom is -0.355 e. The van der Waals surface area contributed by atoms with Crippen LogP contribution in [0, 0.1) is 11.8 Å². The van der Waals surface area contributed by atoms with Crippen molar-refractivity contribution in [2.24, 2.45) is 11.8 Å². The van der Waals surface area contributed by atoms with Gasteiger partial charge in [0.25, 0.3) is 0 Å². The van der Waals surface area contributed by atoms with Crippen LogP contribution in [0.3, 0.4) is 0 Å². The van der Waals surface area contributed by atoms with Gasteiger partial charge in [-0.1, -0.05) is 6.92 Å². The average Bonchev–Trinajstić information content (AvgIpc) is 3.38. The van der Waals surface area contributed by atoms with Crippen LogP contribution in [-0.2, 0) is 15.8 Å². The molecule has 2 fully saturated rings. The van der Waals surface area contributed by atoms with E-state index >= 15 is 0 Å². The molecule has 2 aliphatic rings. The third kappa shape index (κ3) is 4.90. The molecule has 6 nitrogen and oxygen atoms in total. The third-order valence-electron chi connectivity index (χ3n) is 5.12. The molecule has 3 rings (SSSR count). The zero-order valence-electron chi connectivity index (χ0n) is 15.1. The fraction of sp³-hybridized carbons (Fsp3) is 0.611. The molecule has 1 aliphatic carbocycles. The van der Waals surface area contributed by atoms with Crippen LogP contribution >= 0.6 is 0 Å². The summed E-state index contributed by atoms with van der Waals surface area (Å²) in [6.45, 7) is 4.35. The molecule has 1 aromatic heterocycles. The van der Waals surface area contributed by atoms with Gasteiger partial charge >= 0.3 is 6.18 Å². The topological polar surface area (TPSA) is 65.5 Å². The Morgan fingerprint density at radius 2 is 1.89 bits per heavy atom. The molecule has 1 saturated heterocycles. The molecule has 2 unspecified atom stereocenters. The van der Waals surface area contributed by atoms with E-state index in [1.165, 1.54) is 6.07 Å². The van der Waals surface area contributed by atoms with E-state index in [2.05, 4.69) is 10.3 Å². The zero-order valence-corrected chi connectivity index (χ0v) is 15.1. The molecule has 1 aliphatic heterocycles. The van der Waals surface area contributed by atoms with Crippen molar-refractivity contribution in [2.45, 2.75) is 25.9 Å². The normalized spacial score (nSPS) is 22.5. The highest BCUT2D eigenvalue weighted by molar-refractivity contribution is 5.82. The first-order chi connectivity index (χ1) is 12.8. The lowest BCUT2D eigenvalue weighted by Crippen LogP contribution is -2.49. The lowest BCUT2D eigenvalue weighted by molar-refractivity contribution is -0.138. The molecule has 1 saturated carbocycles. The van der Waals surface area contributed by atoms with Crippen molar-refractivity contribution in [3.8, 4) is 0 Å². The average molecular weight is 384 g/mol. The summed E-state index contributed by atoms with van der Waals surface area (Å²) in [6.07, 6.45) is -2.40. The number of rotatable bonds is 5. The van der Waals surface area contributed by atoms with Gasteiger partial charge in [-0.05, 0) is 24.5 Å². The smallest absolute Gasteiger partial charge is 0.355 e. The van der Waals surface area contributed by atoms with E-state index in [0.29, 0.717) is 44.5 Å². The molecule has 148 valence electrons. The van der Waals surface area contributed by atoms with Crippen molar-refractivity contribution in [2.75, 3.05) is 37.6 Å². The van der Waals surface area contributed by atoms with Crippen molar-refractivity contribution < 1.29 is 22.8 Å². The van der Waals surface area contributed by atoms with Gasteiger partial charge in [0.1, 0.15) is 5.82 Å². The summed E-state index contributed by atoms with van der Waals surface area (Å²) in [6, 6.07) is 2.37. The van der Waals surface area contributed by atoms with Gasteiger partial charge in [0.2, 0.25) is 11.8 Å². The number of aromatic nitrogens is 1. The number of nitrogens with one attached hydrogen (secondary N) is 1. The molecule has 2 heterocycles. The summed E-state index contributed by atoms with van der Waals surface area (Å²) in [5.41, 5.74) is -0.775. The second kappa shape index (κ2) is 7.74. The van der Waals surface area contributed by atoms with Crippen molar-refractivity contribution in [3.05, 3.63) is 23.9 Å². The molecule has 0 spiro atoms. The number of pyridine rings is 1. The van der Waals surface area contributed by atoms with Crippen molar-refractivity contribution in [1.29, 1.82) is 0 Å². The number of carbonyl (C=O) groups excluding carboxylic acids is 2. The Bertz CT molecular complexity index is 685. The van der Waals surface area contributed by atoms with Gasteiger partial charge in [0, 0.05) is 51.3 Å². The predicted molar refractivity (Wildman–Crippen MR) is 92.9 cm³/mol. The number of carbonyl (C=O) groups is 2. The Morgan fingerprint density at radius 1 is 1.22 bits per heavy atom. The van der Waals surface area contributed by atoms with Crippen molar-refractivity contribution in [1.82, 2.24) is 15.2 Å². The molecule has 9 heteroatoms. The first kappa shape index (κ1) is 19.4. The molecule has 2 atom stereocenters. The SMILES string of the molecule is CC1CC1C(=O)NCCC(=O)N1CCN(c2ccc(C(F)(F)F)cn2)CC1. The Morgan fingerprint density at radius 3 is 2.41 bits per heavy atom. The lowest BCUT2D eigenvalue weighted by atomic mass is 10.2. The van der Waals surface area contributed by atoms with Crippen LogP contribution in [0.1, 0.15) is 25.3 Å². The van der Waals surface area contributed by atoms with Crippen LogP contribution in [0.4, 0.5) is 19.0 Å². The standard InChI is InChI=1S/C18H23F3N4O2/c1-12-10-14(12)17(27)22-5-4-16(26)25-8-6-24(7-9-25)15-3-2-13(11-23-15)18(19,20)21/h2-3,11-12,14H,4-10H2,1H3,(H,22,27). The van der Waals surface area contributed by atoms with Gasteiger partial charge in [-0.25, -0.2) is 4.98 Å². The highest BCUT2D eigenvalue weighted by atomic mass is 19.4. The van der Waals surface area contributed by atoms with Gasteiger partial charge in [-0.15, -0.1) is 0 Å². The quantitative estimate of drug-likeness (QED) is 0.842. The van der Waals surface area contributed by atoms with Crippen molar-refractivity contribution >= 4 is 17.6 Å². The predicted octanol–water partition coefficient (Wildman–Crippen LogP) is 1.91. The maximum absolute atomic E-state index is 12.6. The number of hydrogen-bond acceptors (Lipinski definition) is 4. The maximum atomic E-state index is 12.6. The minimum absolute atomic E-state index is 0.0218. The minimum atomic E-state index is -4.40. The summed E-state index contributed by atoms with van der Waals surface area (Å²) in [7, 11) is 0. The largest absolute Gasteiger partial charge is 0.417 e. The van der Waals surface area contributed by atoms with E-state index < -0.39 is 11.7 Å². The molecule has 0 radical (unpaired) electrons. The van der Waals surface area contributed by atoms with Crippen LogP contribution in [0.5, 0.6) is 0 Å². The van der Waals surface area contributed by atoms with E-state index in [-0.39, 0.29) is 24.2 Å². The number of amides is 2. The van der Waals surface area contributed by atoms with Gasteiger partial charge in [-0.3, -0.25) is 9.59 Å². The monoisotopic (exact) mass is 384 g/mol. The van der Waals surface area contributed by atoms with E-state index in [4.69, 9.17) is 0 Å². The van der Waals surface area contributed by atoms with Gasteiger partial charge in [0.15, 0.2) is 0 Å². The number of nitrogens with zero attached hydrogens (tertiary/aromatic N) is 3. The molecule has 0 bridgehead atoms. The molecular formula is C18H23F3N4O2. The fourth-order valence-corrected chi connectivity index (χ4v) is 3.20. The number of piperazine rings is 1. The van der Waals surface area contributed by atoms with Crippen LogP contribution in [-0.4, -0.2) is 54.4 Å². The molecule has 0 aromatic carbocycles. The van der Waals surface area contributed by atoms with E-state index in [1.54, 1.807) is 4.90 Å². The van der Waals surface area contributed by atoms with Gasteiger partial charge in [-0.2, -0.15) is 13.2 Å². The maximum Gasteiger partial charge on any atom is 0.417 e. The van der Waals surface area contributed by atoms with E-state index in [1.807, 2.05) is 11.8 Å². The van der Waals surface area contributed by atoms with Crippen LogP contribution in [0.2, 0.25) is 0 Å². The number of alkyl halides is 3. The summed E-state index contributed by atoms with van der Waals surface area (Å²) < 4.78 is 37.8. The molecule has 2 amide bonds. The lowest BCUT2D eigenvalue weighted by Gasteiger charge is -2.35.